The maximum atomic E-state index is 8.25. The summed E-state index contributed by atoms with van der Waals surface area (Å²) in [4.78, 5) is 11.5. The fourth-order valence-electron chi connectivity index (χ4n) is 1.03. The molecule has 0 radical (unpaired) electrons. The first kappa shape index (κ1) is 11.7. The predicted molar refractivity (Wildman–Crippen MR) is 46.6 cm³/mol. The first-order valence-electron chi connectivity index (χ1n) is 4.33. The van der Waals surface area contributed by atoms with Crippen LogP contribution in [0.25, 0.3) is 0 Å². The zero-order valence-corrected chi connectivity index (χ0v) is 8.12. The van der Waals surface area contributed by atoms with Crippen LogP contribution < -0.4 is 9.67 Å². The lowest BCUT2D eigenvalue weighted by Gasteiger charge is -1.91. The molecule has 13 heavy (non-hydrogen) atoms. The first-order chi connectivity index (χ1) is 6.26. The number of nitrogens with zero attached hydrogens (tertiary/aromatic N) is 1. The van der Waals surface area contributed by atoms with Crippen molar-refractivity contribution >= 4 is 6.47 Å². The van der Waals surface area contributed by atoms with E-state index in [1.165, 1.54) is 25.1 Å². The van der Waals surface area contributed by atoms with Crippen LogP contribution in [0.3, 0.4) is 0 Å². The van der Waals surface area contributed by atoms with Crippen molar-refractivity contribution in [3.63, 3.8) is 0 Å². The number of aryl methyl sites for hydroxylation is 2. The molecule has 1 N–H and O–H groups in total. The molecule has 1 aromatic heterocycles. The summed E-state index contributed by atoms with van der Waals surface area (Å²) in [6.45, 7) is 1.71. The van der Waals surface area contributed by atoms with Crippen LogP contribution in [0.2, 0.25) is 0 Å². The Kier molecular flexibility index (Phi) is 6.59. The largest absolute Gasteiger partial charge is 0.554 e. The van der Waals surface area contributed by atoms with Gasteiger partial charge in [-0.3, -0.25) is 0 Å². The maximum absolute atomic E-state index is 8.25. The third-order valence-electron chi connectivity index (χ3n) is 1.74. The van der Waals surface area contributed by atoms with Crippen LogP contribution in [0, 0.1) is 0 Å². The number of nitrogens with one attached hydrogen (secondary N) is 1. The Morgan fingerprint density at radius 1 is 1.69 bits per heavy atom. The molecule has 4 nitrogen and oxygen atoms in total. The van der Waals surface area contributed by atoms with E-state index in [1.54, 1.807) is 0 Å². The van der Waals surface area contributed by atoms with Gasteiger partial charge in [0, 0.05) is 12.9 Å². The molecule has 0 saturated heterocycles. The molecule has 1 rings (SSSR count). The minimum atomic E-state index is -0.500. The lowest BCUT2D eigenvalue weighted by Crippen LogP contribution is -2.30. The average molecular weight is 184 g/mol. The number of aromatic amines is 1. The third-order valence-corrected chi connectivity index (χ3v) is 1.74. The molecule has 74 valence electrons. The molecule has 0 amide bonds. The Bertz CT molecular complexity index is 233. The Hall–Kier alpha value is -1.32. The number of H-pyrrole nitrogens is 1. The van der Waals surface area contributed by atoms with Crippen molar-refractivity contribution in [3.8, 4) is 0 Å². The number of hydrogen-bond acceptors (Lipinski definition) is 2. The minimum Gasteiger partial charge on any atom is -0.554 e. The second-order valence-corrected chi connectivity index (χ2v) is 2.72. The fourth-order valence-corrected chi connectivity index (χ4v) is 1.03. The number of imidazole rings is 1. The van der Waals surface area contributed by atoms with Crippen molar-refractivity contribution in [2.45, 2.75) is 26.2 Å². The zero-order valence-electron chi connectivity index (χ0n) is 8.12. The van der Waals surface area contributed by atoms with Crippen molar-refractivity contribution in [2.75, 3.05) is 0 Å². The minimum absolute atomic E-state index is 0.500. The highest BCUT2D eigenvalue weighted by atomic mass is 16.3. The monoisotopic (exact) mass is 184 g/mol. The molecule has 0 saturated carbocycles. The summed E-state index contributed by atoms with van der Waals surface area (Å²) >= 11 is 0. The summed E-state index contributed by atoms with van der Waals surface area (Å²) in [7, 11) is 2.07. The van der Waals surface area contributed by atoms with Crippen LogP contribution in [-0.2, 0) is 18.3 Å². The predicted octanol–water partition coefficient (Wildman–Crippen LogP) is -0.452. The highest BCUT2D eigenvalue weighted by Crippen LogP contribution is 1.94. The summed E-state index contributed by atoms with van der Waals surface area (Å²) in [5.74, 6) is 1.32. The van der Waals surface area contributed by atoms with Gasteiger partial charge in [0.25, 0.3) is 5.82 Å². The summed E-state index contributed by atoms with van der Waals surface area (Å²) in [6.07, 6.45) is 7.73. The van der Waals surface area contributed by atoms with Crippen molar-refractivity contribution in [3.05, 3.63) is 18.2 Å². The van der Waals surface area contributed by atoms with E-state index in [-0.39, 0.29) is 0 Å². The average Bonchev–Trinajstić information content (AvgIpc) is 2.49. The van der Waals surface area contributed by atoms with Crippen molar-refractivity contribution in [1.82, 2.24) is 4.98 Å². The van der Waals surface area contributed by atoms with E-state index in [1.807, 2.05) is 12.4 Å². The highest BCUT2D eigenvalue weighted by Gasteiger charge is 2.03. The molecule has 0 bridgehead atoms. The maximum Gasteiger partial charge on any atom is 0.253 e. The van der Waals surface area contributed by atoms with Gasteiger partial charge in [0.05, 0.1) is 7.05 Å². The smallest absolute Gasteiger partial charge is 0.253 e. The van der Waals surface area contributed by atoms with Crippen molar-refractivity contribution < 1.29 is 14.5 Å². The quantitative estimate of drug-likeness (QED) is 0.511. The second-order valence-electron chi connectivity index (χ2n) is 2.72. The zero-order chi connectivity index (χ0) is 10.1. The molecule has 1 aromatic rings. The molecule has 0 spiro atoms. The Labute approximate surface area is 78.2 Å². The van der Waals surface area contributed by atoms with E-state index < -0.39 is 6.47 Å². The number of carboxylic acid groups (broad SMARTS) is 1. The van der Waals surface area contributed by atoms with Crippen LogP contribution in [-0.4, -0.2) is 11.5 Å². The second kappa shape index (κ2) is 7.34. The van der Waals surface area contributed by atoms with Crippen LogP contribution >= 0.6 is 0 Å². The molecule has 0 aliphatic carbocycles. The van der Waals surface area contributed by atoms with Crippen LogP contribution in [0.1, 0.15) is 25.6 Å². The normalized spacial score (nSPS) is 8.77. The van der Waals surface area contributed by atoms with Gasteiger partial charge in [-0.2, -0.15) is 0 Å². The van der Waals surface area contributed by atoms with E-state index in [0.717, 1.165) is 0 Å². The van der Waals surface area contributed by atoms with Gasteiger partial charge in [0.2, 0.25) is 0 Å². The third kappa shape index (κ3) is 5.00. The first-order valence-corrected chi connectivity index (χ1v) is 4.33. The number of aromatic nitrogens is 2. The highest BCUT2D eigenvalue weighted by molar-refractivity contribution is 5.29. The molecule has 0 aliphatic rings. The van der Waals surface area contributed by atoms with E-state index >= 15 is 0 Å². The molecule has 0 unspecified atom stereocenters. The van der Waals surface area contributed by atoms with E-state index in [2.05, 4.69) is 23.5 Å². The van der Waals surface area contributed by atoms with Crippen molar-refractivity contribution in [2.24, 2.45) is 7.05 Å². The van der Waals surface area contributed by atoms with Gasteiger partial charge in [-0.25, -0.2) is 9.55 Å². The van der Waals surface area contributed by atoms with Crippen molar-refractivity contribution in [1.29, 1.82) is 0 Å². The molecular formula is C9H16N2O2. The molecule has 0 aromatic carbocycles. The topological polar surface area (TPSA) is 59.8 Å². The molecule has 1 heterocycles. The molecule has 0 fully saturated rings. The van der Waals surface area contributed by atoms with E-state index in [9.17, 15) is 0 Å². The standard InChI is InChI=1S/C8H14N2.CH2O2/c1-3-4-5-8-9-6-7-10(8)2;2-1-3/h6-7H,3-5H2,1-2H3;1H,(H,2,3). The van der Waals surface area contributed by atoms with Gasteiger partial charge in [-0.15, -0.1) is 0 Å². The van der Waals surface area contributed by atoms with Gasteiger partial charge in [0.1, 0.15) is 12.4 Å². The molecular weight excluding hydrogens is 168 g/mol. The van der Waals surface area contributed by atoms with Gasteiger partial charge in [0.15, 0.2) is 0 Å². The van der Waals surface area contributed by atoms with Gasteiger partial charge in [-0.05, 0) is 6.42 Å². The lowest BCUT2D eigenvalue weighted by atomic mass is 10.2. The number of hydrogen-bond donors (Lipinski definition) is 1. The molecule has 0 aliphatic heterocycles. The fraction of sp³-hybridized carbons (Fsp3) is 0.556. The number of rotatable bonds is 3. The van der Waals surface area contributed by atoms with Gasteiger partial charge >= 0.3 is 0 Å². The van der Waals surface area contributed by atoms with E-state index in [4.69, 9.17) is 9.90 Å². The Morgan fingerprint density at radius 2 is 2.31 bits per heavy atom. The van der Waals surface area contributed by atoms with Crippen LogP contribution in [0.15, 0.2) is 12.4 Å². The van der Waals surface area contributed by atoms with Gasteiger partial charge in [-0.1, -0.05) is 13.3 Å². The summed E-state index contributed by atoms with van der Waals surface area (Å²) in [5, 5.41) is 8.25. The SMILES string of the molecule is CCCCc1[nH]cc[n+]1C.O=C[O-]. The lowest BCUT2D eigenvalue weighted by molar-refractivity contribution is -0.677. The number of carbonyl (C=O) groups excluding carboxylic acids is 1. The summed E-state index contributed by atoms with van der Waals surface area (Å²) in [5.41, 5.74) is 0. The Morgan fingerprint density at radius 3 is 2.69 bits per heavy atom. The summed E-state index contributed by atoms with van der Waals surface area (Å²) < 4.78 is 2.13. The van der Waals surface area contributed by atoms with E-state index in [0.29, 0.717) is 0 Å². The Balaban J connectivity index is 0.000000424. The van der Waals surface area contributed by atoms with Crippen LogP contribution in [0.4, 0.5) is 0 Å². The number of unbranched alkanes of at least 4 members (excludes halogenated alkanes) is 1. The van der Waals surface area contributed by atoms with Gasteiger partial charge < -0.3 is 9.90 Å². The number of carbonyl (C=O) groups is 1. The molecule has 0 atom stereocenters. The molecule has 4 heteroatoms. The summed E-state index contributed by atoms with van der Waals surface area (Å²) in [6, 6.07) is 0. The van der Waals surface area contributed by atoms with Crippen LogP contribution in [0.5, 0.6) is 0 Å².